The minimum Gasteiger partial charge on any atom is -0.0625 e. The summed E-state index contributed by atoms with van der Waals surface area (Å²) in [6.07, 6.45) is 16.2. The van der Waals surface area contributed by atoms with E-state index in [2.05, 4.69) is 125 Å². The molecule has 4 aromatic rings. The molecule has 0 N–H and O–H groups in total. The predicted molar refractivity (Wildman–Crippen MR) is 191 cm³/mol. The van der Waals surface area contributed by atoms with Gasteiger partial charge in [0.05, 0.1) is 0 Å². The van der Waals surface area contributed by atoms with Gasteiger partial charge in [-0.2, -0.15) is 0 Å². The summed E-state index contributed by atoms with van der Waals surface area (Å²) in [6.45, 7) is 9.08. The van der Waals surface area contributed by atoms with Crippen molar-refractivity contribution in [1.29, 1.82) is 0 Å². The highest BCUT2D eigenvalue weighted by Crippen LogP contribution is 2.35. The second-order valence-electron chi connectivity index (χ2n) is 14.4. The number of benzene rings is 4. The Morgan fingerprint density at radius 1 is 0.432 bits per heavy atom. The fourth-order valence-corrected chi connectivity index (χ4v) is 7.19. The van der Waals surface area contributed by atoms with Gasteiger partial charge in [0.1, 0.15) is 0 Å². The summed E-state index contributed by atoms with van der Waals surface area (Å²) in [7, 11) is 0. The number of hydrogen-bond donors (Lipinski definition) is 0. The summed E-state index contributed by atoms with van der Waals surface area (Å²) < 4.78 is 0. The summed E-state index contributed by atoms with van der Waals surface area (Å²) in [5.41, 5.74) is 11.3. The maximum Gasteiger partial charge on any atom is -0.0162 e. The van der Waals surface area contributed by atoms with E-state index in [9.17, 15) is 0 Å². The SMILES string of the molecule is Cc1ccc(-c2ccc(CCC3CCC(C)CC3)cc2)cc1.Cc1ccc(CCc2ccc(C3CCC(C)CC3)cc2)cc1. The Hall–Kier alpha value is -3.12. The van der Waals surface area contributed by atoms with Crippen LogP contribution in [0.4, 0.5) is 0 Å². The minimum atomic E-state index is 0.808. The van der Waals surface area contributed by atoms with E-state index >= 15 is 0 Å². The van der Waals surface area contributed by atoms with E-state index < -0.39 is 0 Å². The van der Waals surface area contributed by atoms with E-state index in [0.29, 0.717) is 0 Å². The molecule has 0 atom stereocenters. The molecular formula is C44H56. The standard InChI is InChI=1S/2C22H28/c2*1-17-3-7-19(8-4-17)9-10-20-11-15-22(16-12-20)21-13-5-18(2)6-14-21/h5-6,11-17,19H,3-4,7-10H2,1-2H3;3-4,7-8,11-12,15-16,18,21H,5-6,9-10,13-14H2,1-2H3. The molecule has 0 aliphatic heterocycles. The third kappa shape index (κ3) is 9.95. The molecule has 0 aromatic heterocycles. The van der Waals surface area contributed by atoms with Gasteiger partial charge in [-0.1, -0.05) is 161 Å². The summed E-state index contributed by atoms with van der Waals surface area (Å²) >= 11 is 0. The van der Waals surface area contributed by atoms with Crippen LogP contribution in [0, 0.1) is 31.6 Å². The average molecular weight is 585 g/mol. The zero-order valence-electron chi connectivity index (χ0n) is 28.0. The van der Waals surface area contributed by atoms with Crippen molar-refractivity contribution in [2.45, 2.75) is 111 Å². The Morgan fingerprint density at radius 2 is 0.818 bits per heavy atom. The molecule has 0 heteroatoms. The third-order valence-corrected chi connectivity index (χ3v) is 10.6. The lowest BCUT2D eigenvalue weighted by Gasteiger charge is -2.26. The van der Waals surface area contributed by atoms with Gasteiger partial charge in [-0.3, -0.25) is 0 Å². The Kier molecular flexibility index (Phi) is 11.9. The van der Waals surface area contributed by atoms with Crippen molar-refractivity contribution in [3.8, 4) is 11.1 Å². The second kappa shape index (κ2) is 16.3. The van der Waals surface area contributed by atoms with Gasteiger partial charge in [-0.05, 0) is 109 Å². The van der Waals surface area contributed by atoms with Gasteiger partial charge in [-0.25, -0.2) is 0 Å². The Labute approximate surface area is 269 Å². The van der Waals surface area contributed by atoms with Crippen LogP contribution in [0.2, 0.25) is 0 Å². The Balaban J connectivity index is 0.000000175. The zero-order chi connectivity index (χ0) is 30.7. The Morgan fingerprint density at radius 3 is 1.34 bits per heavy atom. The molecular weight excluding hydrogens is 528 g/mol. The maximum absolute atomic E-state index is 2.40. The predicted octanol–water partition coefficient (Wildman–Crippen LogP) is 12.5. The smallest absolute Gasteiger partial charge is 0.0162 e. The molecule has 2 aliphatic carbocycles. The van der Waals surface area contributed by atoms with Crippen molar-refractivity contribution in [3.05, 3.63) is 130 Å². The molecule has 4 aromatic carbocycles. The number of hydrogen-bond acceptors (Lipinski definition) is 0. The van der Waals surface area contributed by atoms with Crippen molar-refractivity contribution in [2.24, 2.45) is 17.8 Å². The van der Waals surface area contributed by atoms with Crippen LogP contribution in [-0.4, -0.2) is 0 Å². The molecule has 0 spiro atoms. The third-order valence-electron chi connectivity index (χ3n) is 10.6. The lowest BCUT2D eigenvalue weighted by Crippen LogP contribution is -2.12. The van der Waals surface area contributed by atoms with E-state index in [1.807, 2.05) is 0 Å². The normalized spacial score (nSPS) is 21.7. The highest BCUT2D eigenvalue weighted by molar-refractivity contribution is 5.63. The van der Waals surface area contributed by atoms with Gasteiger partial charge < -0.3 is 0 Å². The van der Waals surface area contributed by atoms with Gasteiger partial charge in [0.15, 0.2) is 0 Å². The summed E-state index contributed by atoms with van der Waals surface area (Å²) in [4.78, 5) is 0. The summed E-state index contributed by atoms with van der Waals surface area (Å²) in [5.74, 6) is 3.67. The van der Waals surface area contributed by atoms with Gasteiger partial charge in [0.2, 0.25) is 0 Å². The molecule has 2 fully saturated rings. The summed E-state index contributed by atoms with van der Waals surface area (Å²) in [5, 5.41) is 0. The van der Waals surface area contributed by atoms with E-state index in [1.54, 1.807) is 5.56 Å². The van der Waals surface area contributed by atoms with Crippen molar-refractivity contribution in [3.63, 3.8) is 0 Å². The van der Waals surface area contributed by atoms with Gasteiger partial charge in [0.25, 0.3) is 0 Å². The first kappa shape index (κ1) is 32.3. The first-order valence-corrected chi connectivity index (χ1v) is 17.7. The largest absolute Gasteiger partial charge is 0.0625 e. The van der Waals surface area contributed by atoms with Crippen LogP contribution in [0.15, 0.2) is 97.1 Å². The van der Waals surface area contributed by atoms with Crippen LogP contribution < -0.4 is 0 Å². The van der Waals surface area contributed by atoms with Crippen LogP contribution in [-0.2, 0) is 19.3 Å². The second-order valence-corrected chi connectivity index (χ2v) is 14.4. The lowest BCUT2D eigenvalue weighted by molar-refractivity contribution is 0.278. The molecule has 0 unspecified atom stereocenters. The van der Waals surface area contributed by atoms with E-state index in [1.165, 1.54) is 103 Å². The minimum absolute atomic E-state index is 0.808. The number of rotatable bonds is 8. The topological polar surface area (TPSA) is 0 Å². The molecule has 6 rings (SSSR count). The number of aryl methyl sites for hydroxylation is 5. The van der Waals surface area contributed by atoms with Crippen LogP contribution in [0.5, 0.6) is 0 Å². The van der Waals surface area contributed by atoms with Crippen molar-refractivity contribution < 1.29 is 0 Å². The van der Waals surface area contributed by atoms with Crippen LogP contribution in [0.3, 0.4) is 0 Å². The lowest BCUT2D eigenvalue weighted by atomic mass is 9.79. The summed E-state index contributed by atoms with van der Waals surface area (Å²) in [6, 6.07) is 36.4. The highest BCUT2D eigenvalue weighted by Gasteiger charge is 2.20. The fraction of sp³-hybridized carbons (Fsp3) is 0.455. The van der Waals surface area contributed by atoms with E-state index in [-0.39, 0.29) is 0 Å². The van der Waals surface area contributed by atoms with Gasteiger partial charge in [0, 0.05) is 0 Å². The van der Waals surface area contributed by atoms with Gasteiger partial charge in [-0.15, -0.1) is 0 Å². The molecule has 0 nitrogen and oxygen atoms in total. The van der Waals surface area contributed by atoms with Crippen molar-refractivity contribution in [1.82, 2.24) is 0 Å². The van der Waals surface area contributed by atoms with E-state index in [0.717, 1.165) is 36.5 Å². The van der Waals surface area contributed by atoms with Crippen molar-refractivity contribution >= 4 is 0 Å². The van der Waals surface area contributed by atoms with Gasteiger partial charge >= 0.3 is 0 Å². The van der Waals surface area contributed by atoms with Crippen LogP contribution in [0.25, 0.3) is 11.1 Å². The Bertz CT molecular complexity index is 1360. The molecule has 0 saturated heterocycles. The quantitative estimate of drug-likeness (QED) is 0.193. The molecule has 0 radical (unpaired) electrons. The molecule has 232 valence electrons. The zero-order valence-corrected chi connectivity index (χ0v) is 28.0. The average Bonchev–Trinajstić information content (AvgIpc) is 3.06. The van der Waals surface area contributed by atoms with E-state index in [4.69, 9.17) is 0 Å². The van der Waals surface area contributed by atoms with Crippen LogP contribution >= 0.6 is 0 Å². The highest BCUT2D eigenvalue weighted by atomic mass is 14.2. The molecule has 0 bridgehead atoms. The molecule has 0 amide bonds. The molecule has 2 saturated carbocycles. The fourth-order valence-electron chi connectivity index (χ4n) is 7.19. The molecule has 44 heavy (non-hydrogen) atoms. The van der Waals surface area contributed by atoms with Crippen molar-refractivity contribution in [2.75, 3.05) is 0 Å². The molecule has 0 heterocycles. The van der Waals surface area contributed by atoms with Crippen LogP contribution in [0.1, 0.15) is 111 Å². The maximum atomic E-state index is 2.40. The first-order chi connectivity index (χ1) is 21.4. The first-order valence-electron chi connectivity index (χ1n) is 17.7. The monoisotopic (exact) mass is 584 g/mol. The molecule has 2 aliphatic rings.